The number of para-hydroxylation sites is 1. The minimum atomic E-state index is -0.0834. The number of hydrogen-bond donors (Lipinski definition) is 1. The molecule has 2 bridgehead atoms. The number of halogens is 1. The monoisotopic (exact) mass is 306 g/mol. The van der Waals surface area contributed by atoms with Crippen molar-refractivity contribution in [1.29, 1.82) is 0 Å². The molecule has 1 amide bonds. The number of carbonyl (C=O) groups excluding carboxylic acids is 1. The number of carbonyl (C=O) groups is 1. The minimum absolute atomic E-state index is 0. The molecule has 3 fully saturated rings. The number of hydrogen-bond acceptors (Lipinski definition) is 3. The lowest BCUT2D eigenvalue weighted by atomic mass is 9.84. The van der Waals surface area contributed by atoms with Crippen LogP contribution in [0.15, 0.2) is 34.7 Å². The third-order valence-electron chi connectivity index (χ3n) is 4.62. The molecule has 1 unspecified atom stereocenters. The first-order valence-electron chi connectivity index (χ1n) is 7.31. The zero-order chi connectivity index (χ0) is 13.5. The Balaban J connectivity index is 0.00000132. The molecule has 0 saturated carbocycles. The van der Waals surface area contributed by atoms with Crippen LogP contribution in [-0.4, -0.2) is 36.5 Å². The molecule has 1 N–H and O–H groups in total. The summed E-state index contributed by atoms with van der Waals surface area (Å²) in [5.41, 5.74) is 0.770. The van der Waals surface area contributed by atoms with Gasteiger partial charge in [-0.15, -0.1) is 12.4 Å². The predicted octanol–water partition coefficient (Wildman–Crippen LogP) is 2.68. The molecule has 1 aromatic carbocycles. The van der Waals surface area contributed by atoms with E-state index in [0.29, 0.717) is 11.7 Å². The Morgan fingerprint density at radius 3 is 2.67 bits per heavy atom. The smallest absolute Gasteiger partial charge is 0.287 e. The van der Waals surface area contributed by atoms with Gasteiger partial charge in [0, 0.05) is 18.0 Å². The molecule has 3 aliphatic rings. The summed E-state index contributed by atoms with van der Waals surface area (Å²) in [5, 5.41) is 4.13. The highest BCUT2D eigenvalue weighted by molar-refractivity contribution is 5.96. The van der Waals surface area contributed by atoms with Crippen molar-refractivity contribution in [3.05, 3.63) is 36.1 Å². The van der Waals surface area contributed by atoms with Gasteiger partial charge in [-0.1, -0.05) is 18.2 Å². The lowest BCUT2D eigenvalue weighted by molar-refractivity contribution is 0.0607. The van der Waals surface area contributed by atoms with Gasteiger partial charge in [-0.05, 0) is 44.0 Å². The van der Waals surface area contributed by atoms with Crippen molar-refractivity contribution in [3.63, 3.8) is 0 Å². The number of rotatable bonds is 2. The lowest BCUT2D eigenvalue weighted by Crippen LogP contribution is -2.57. The van der Waals surface area contributed by atoms with E-state index in [1.807, 2.05) is 30.3 Å². The fraction of sp³-hybridized carbons (Fsp3) is 0.438. The van der Waals surface area contributed by atoms with Crippen LogP contribution in [0.2, 0.25) is 0 Å². The van der Waals surface area contributed by atoms with Gasteiger partial charge in [0.25, 0.3) is 5.91 Å². The van der Waals surface area contributed by atoms with Gasteiger partial charge in [0.05, 0.1) is 0 Å². The Labute approximate surface area is 129 Å². The van der Waals surface area contributed by atoms with Crippen LogP contribution in [0.25, 0.3) is 11.0 Å². The zero-order valence-corrected chi connectivity index (χ0v) is 12.6. The Kier molecular flexibility index (Phi) is 3.91. The number of benzene rings is 1. The molecule has 3 aliphatic heterocycles. The molecule has 21 heavy (non-hydrogen) atoms. The molecule has 4 heterocycles. The van der Waals surface area contributed by atoms with Crippen LogP contribution in [0.4, 0.5) is 0 Å². The average molecular weight is 307 g/mol. The average Bonchev–Trinajstić information content (AvgIpc) is 2.92. The topological polar surface area (TPSA) is 45.5 Å². The summed E-state index contributed by atoms with van der Waals surface area (Å²) in [6, 6.07) is 9.82. The lowest BCUT2D eigenvalue weighted by Gasteiger charge is -2.44. The molecular weight excluding hydrogens is 288 g/mol. The standard InChI is InChI=1S/C16H18N2O2.ClH/c19-16(15-9-12-3-1-2-4-14(12)20-15)17-13-10-18-7-5-11(13)6-8-18;/h1-4,9,11,13H,5-8,10H2,(H,17,19);1H. The van der Waals surface area contributed by atoms with Crippen LogP contribution in [-0.2, 0) is 0 Å². The summed E-state index contributed by atoms with van der Waals surface area (Å²) < 4.78 is 5.63. The minimum Gasteiger partial charge on any atom is -0.451 e. The first-order valence-corrected chi connectivity index (χ1v) is 7.31. The van der Waals surface area contributed by atoms with E-state index in [1.165, 1.54) is 25.9 Å². The van der Waals surface area contributed by atoms with Crippen LogP contribution in [0.5, 0.6) is 0 Å². The quantitative estimate of drug-likeness (QED) is 0.928. The SMILES string of the molecule is Cl.O=C(NC1CN2CCC1CC2)c1cc2ccccc2o1. The molecule has 1 atom stereocenters. The van der Waals surface area contributed by atoms with Gasteiger partial charge in [-0.25, -0.2) is 0 Å². The maximum atomic E-state index is 12.3. The highest BCUT2D eigenvalue weighted by Gasteiger charge is 2.35. The summed E-state index contributed by atoms with van der Waals surface area (Å²) in [5.74, 6) is 0.968. The Morgan fingerprint density at radius 2 is 2.00 bits per heavy atom. The first kappa shape index (κ1) is 14.4. The van der Waals surface area contributed by atoms with Crippen LogP contribution in [0, 0.1) is 5.92 Å². The Morgan fingerprint density at radius 1 is 1.24 bits per heavy atom. The van der Waals surface area contributed by atoms with Gasteiger partial charge in [-0.3, -0.25) is 4.79 Å². The number of fused-ring (bicyclic) bond motifs is 4. The Hall–Kier alpha value is -1.52. The van der Waals surface area contributed by atoms with Crippen LogP contribution in [0.1, 0.15) is 23.4 Å². The van der Waals surface area contributed by atoms with Crippen molar-refractivity contribution in [2.24, 2.45) is 5.92 Å². The van der Waals surface area contributed by atoms with E-state index in [2.05, 4.69) is 10.2 Å². The van der Waals surface area contributed by atoms with E-state index in [0.717, 1.165) is 17.5 Å². The molecule has 112 valence electrons. The number of furan rings is 1. The molecule has 4 nitrogen and oxygen atoms in total. The van der Waals surface area contributed by atoms with E-state index >= 15 is 0 Å². The molecule has 3 saturated heterocycles. The van der Waals surface area contributed by atoms with Gasteiger partial charge in [0.15, 0.2) is 5.76 Å². The van der Waals surface area contributed by atoms with E-state index in [-0.39, 0.29) is 24.4 Å². The van der Waals surface area contributed by atoms with Crippen LogP contribution >= 0.6 is 12.4 Å². The molecule has 0 radical (unpaired) electrons. The van der Waals surface area contributed by atoms with Gasteiger partial charge in [0.2, 0.25) is 0 Å². The molecule has 5 rings (SSSR count). The van der Waals surface area contributed by atoms with Gasteiger partial charge in [0.1, 0.15) is 5.58 Å². The Bertz CT molecular complexity index is 614. The predicted molar refractivity (Wildman–Crippen MR) is 83.9 cm³/mol. The van der Waals surface area contributed by atoms with E-state index in [1.54, 1.807) is 0 Å². The fourth-order valence-electron chi connectivity index (χ4n) is 3.46. The number of nitrogens with one attached hydrogen (secondary N) is 1. The number of piperidine rings is 3. The normalized spacial score (nSPS) is 27.3. The zero-order valence-electron chi connectivity index (χ0n) is 11.7. The summed E-state index contributed by atoms with van der Waals surface area (Å²) in [7, 11) is 0. The molecule has 0 aliphatic carbocycles. The number of nitrogens with zero attached hydrogens (tertiary/aromatic N) is 1. The maximum absolute atomic E-state index is 12.3. The first-order chi connectivity index (χ1) is 9.79. The van der Waals surface area contributed by atoms with Crippen molar-refractivity contribution in [2.75, 3.05) is 19.6 Å². The molecule has 1 aromatic heterocycles. The van der Waals surface area contributed by atoms with E-state index < -0.39 is 0 Å². The molecule has 2 aromatic rings. The van der Waals surface area contributed by atoms with Crippen molar-refractivity contribution < 1.29 is 9.21 Å². The van der Waals surface area contributed by atoms with Crippen LogP contribution < -0.4 is 5.32 Å². The van der Waals surface area contributed by atoms with Crippen molar-refractivity contribution in [2.45, 2.75) is 18.9 Å². The second-order valence-electron chi connectivity index (χ2n) is 5.87. The summed E-state index contributed by atoms with van der Waals surface area (Å²) in [6.45, 7) is 3.35. The molecular formula is C16H19ClN2O2. The summed E-state index contributed by atoms with van der Waals surface area (Å²) in [6.07, 6.45) is 2.40. The number of amides is 1. The summed E-state index contributed by atoms with van der Waals surface area (Å²) >= 11 is 0. The third-order valence-corrected chi connectivity index (χ3v) is 4.62. The largest absolute Gasteiger partial charge is 0.451 e. The van der Waals surface area contributed by atoms with Crippen LogP contribution in [0.3, 0.4) is 0 Å². The second kappa shape index (κ2) is 5.70. The van der Waals surface area contributed by atoms with Gasteiger partial charge in [-0.2, -0.15) is 0 Å². The second-order valence-corrected chi connectivity index (χ2v) is 5.87. The van der Waals surface area contributed by atoms with Crippen molar-refractivity contribution in [3.8, 4) is 0 Å². The maximum Gasteiger partial charge on any atom is 0.287 e. The summed E-state index contributed by atoms with van der Waals surface area (Å²) in [4.78, 5) is 14.8. The van der Waals surface area contributed by atoms with E-state index in [9.17, 15) is 4.79 Å². The van der Waals surface area contributed by atoms with Gasteiger partial charge >= 0.3 is 0 Å². The highest BCUT2D eigenvalue weighted by Crippen LogP contribution is 2.28. The molecule has 0 spiro atoms. The highest BCUT2D eigenvalue weighted by atomic mass is 35.5. The molecule has 5 heteroatoms. The van der Waals surface area contributed by atoms with Crippen molar-refractivity contribution in [1.82, 2.24) is 10.2 Å². The third kappa shape index (κ3) is 2.65. The van der Waals surface area contributed by atoms with Gasteiger partial charge < -0.3 is 14.6 Å². The fourth-order valence-corrected chi connectivity index (χ4v) is 3.46. The van der Waals surface area contributed by atoms with Crippen molar-refractivity contribution >= 4 is 29.3 Å². The van der Waals surface area contributed by atoms with E-state index in [4.69, 9.17) is 4.42 Å².